The predicted octanol–water partition coefficient (Wildman–Crippen LogP) is 0.557. The summed E-state index contributed by atoms with van der Waals surface area (Å²) in [5, 5.41) is 85.6. The molecule has 2 amide bonds. The number of nitrogens with zero attached hydrogens (tertiary/aromatic N) is 3. The van der Waals surface area contributed by atoms with E-state index in [1.165, 1.54) is 4.90 Å². The zero-order valence-electron chi connectivity index (χ0n) is 37.8. The highest BCUT2D eigenvalue weighted by molar-refractivity contribution is 6.35. The minimum atomic E-state index is -1.31. The summed E-state index contributed by atoms with van der Waals surface area (Å²) in [5.74, 6) is -8.53. The van der Waals surface area contributed by atoms with Crippen LogP contribution in [0.4, 0.5) is 0 Å². The number of carbonyl (C=O) groups is 8. The highest BCUT2D eigenvalue weighted by Gasteiger charge is 2.65. The van der Waals surface area contributed by atoms with Gasteiger partial charge in [-0.05, 0) is 117 Å². The van der Waals surface area contributed by atoms with E-state index in [2.05, 4.69) is 31.4 Å². The van der Waals surface area contributed by atoms with Gasteiger partial charge >= 0.3 is 47.6 Å². The van der Waals surface area contributed by atoms with E-state index in [0.717, 1.165) is 29.1 Å². The second-order valence-electron chi connectivity index (χ2n) is 19.6. The highest BCUT2D eigenvalue weighted by Crippen LogP contribution is 2.68. The number of nitrogens with one attached hydrogen (secondary N) is 2. The molecule has 21 nitrogen and oxygen atoms in total. The molecule has 12 atom stereocenters. The first kappa shape index (κ1) is 53.2. The van der Waals surface area contributed by atoms with E-state index >= 15 is 0 Å². The molecule has 0 aliphatic heterocycles. The lowest BCUT2D eigenvalue weighted by Crippen LogP contribution is -2.63. The number of fused-ring (bicyclic) bond motifs is 5. The summed E-state index contributed by atoms with van der Waals surface area (Å²) in [7, 11) is 0. The van der Waals surface area contributed by atoms with Gasteiger partial charge < -0.3 is 51.5 Å². The molecular formula is C44H71N5O16. The van der Waals surface area contributed by atoms with Crippen LogP contribution < -0.4 is 10.6 Å². The first-order valence-corrected chi connectivity index (χ1v) is 22.9. The third kappa shape index (κ3) is 13.8. The monoisotopic (exact) mass is 925 g/mol. The van der Waals surface area contributed by atoms with Crippen LogP contribution in [-0.2, 0) is 38.4 Å². The van der Waals surface area contributed by atoms with Crippen LogP contribution in [0, 0.1) is 46.3 Å². The zero-order valence-corrected chi connectivity index (χ0v) is 37.8. The van der Waals surface area contributed by atoms with Gasteiger partial charge in [0, 0.05) is 45.2 Å². The number of aliphatic hydroxyl groups is 2. The molecule has 4 fully saturated rings. The third-order valence-electron chi connectivity index (χ3n) is 15.7. The van der Waals surface area contributed by atoms with E-state index in [1.54, 1.807) is 0 Å². The summed E-state index contributed by atoms with van der Waals surface area (Å²) in [4.78, 5) is 98.9. The Bertz CT molecular complexity index is 1660. The van der Waals surface area contributed by atoms with Gasteiger partial charge in [0.1, 0.15) is 6.04 Å². The van der Waals surface area contributed by atoms with Gasteiger partial charge in [0.2, 0.25) is 0 Å². The second kappa shape index (κ2) is 23.3. The fraction of sp³-hybridized carbons (Fsp3) is 0.818. The molecule has 0 aromatic rings. The minimum Gasteiger partial charge on any atom is -0.481 e. The lowest BCUT2D eigenvalue weighted by Gasteiger charge is -2.63. The molecule has 10 N–H and O–H groups in total. The number of aliphatic hydroxyl groups excluding tert-OH is 2. The van der Waals surface area contributed by atoms with Gasteiger partial charge in [0.15, 0.2) is 0 Å². The van der Waals surface area contributed by atoms with Crippen molar-refractivity contribution in [1.82, 2.24) is 25.3 Å². The Morgan fingerprint density at radius 2 is 1.23 bits per heavy atom. The fourth-order valence-corrected chi connectivity index (χ4v) is 12.5. The maximum absolute atomic E-state index is 13.1. The van der Waals surface area contributed by atoms with E-state index in [1.807, 2.05) is 0 Å². The van der Waals surface area contributed by atoms with Crippen molar-refractivity contribution < 1.29 is 79.2 Å². The number of unbranched alkanes of at least 4 members (excludes halogenated alkanes) is 1. The van der Waals surface area contributed by atoms with Crippen LogP contribution in [0.3, 0.4) is 0 Å². The van der Waals surface area contributed by atoms with Crippen LogP contribution >= 0.6 is 0 Å². The van der Waals surface area contributed by atoms with Crippen LogP contribution in [0.1, 0.15) is 97.8 Å². The summed E-state index contributed by atoms with van der Waals surface area (Å²) >= 11 is 0. The maximum Gasteiger partial charge on any atom is 0.320 e. The molecule has 4 aliphatic rings. The van der Waals surface area contributed by atoms with Crippen molar-refractivity contribution in [3.05, 3.63) is 0 Å². The van der Waals surface area contributed by atoms with Crippen molar-refractivity contribution in [1.29, 1.82) is 0 Å². The molecule has 0 aromatic carbocycles. The Hall–Kier alpha value is -4.44. The Kier molecular flexibility index (Phi) is 19.1. The van der Waals surface area contributed by atoms with Gasteiger partial charge in [-0.25, -0.2) is 0 Å². The topological polar surface area (TPSA) is 332 Å². The molecule has 0 saturated heterocycles. The average molecular weight is 926 g/mol. The Morgan fingerprint density at radius 3 is 1.75 bits per heavy atom. The Morgan fingerprint density at radius 1 is 0.662 bits per heavy atom. The number of hydrogen-bond donors (Lipinski definition) is 10. The van der Waals surface area contributed by atoms with Gasteiger partial charge in [-0.3, -0.25) is 53.1 Å². The van der Waals surface area contributed by atoms with Gasteiger partial charge in [-0.15, -0.1) is 0 Å². The molecule has 0 spiro atoms. The zero-order chi connectivity index (χ0) is 48.4. The van der Waals surface area contributed by atoms with Crippen LogP contribution in [0.25, 0.3) is 0 Å². The lowest BCUT2D eigenvalue weighted by atomic mass is 9.43. The van der Waals surface area contributed by atoms with Crippen molar-refractivity contribution in [3.63, 3.8) is 0 Å². The summed E-state index contributed by atoms with van der Waals surface area (Å²) < 4.78 is 0. The molecule has 0 radical (unpaired) electrons. The van der Waals surface area contributed by atoms with Gasteiger partial charge in [0.05, 0.1) is 38.4 Å². The van der Waals surface area contributed by atoms with Crippen molar-refractivity contribution >= 4 is 47.6 Å². The molecule has 0 heterocycles. The molecule has 65 heavy (non-hydrogen) atoms. The number of carboxylic acids is 6. The van der Waals surface area contributed by atoms with E-state index in [4.69, 9.17) is 0 Å². The van der Waals surface area contributed by atoms with Gasteiger partial charge in [0.25, 0.3) is 0 Å². The molecule has 4 rings (SSSR count). The summed E-state index contributed by atoms with van der Waals surface area (Å²) in [6, 6.07) is -1.55. The standard InChI is InChI=1S/C44H71N5O16/c1-25(7-10-34(52)53)28-8-9-29-39-30(20-33(51)44(28,29)3)43(2)12-11-27(18-26(43)19-32(39)50)46-41(63)40(62)45-13-5-4-6-31(42(64)65)49(16-14-47(21-35(54)55)22-36(56)57)17-15-48(23-37(58)59)24-38(60)61/h25-33,39,50-51H,4-24H2,1-3H3,(H,45,62)(H,46,63)(H,52,53)(H,54,55)(H,56,57)(H,58,59)(H,60,61)(H,64,65). The van der Waals surface area contributed by atoms with Gasteiger partial charge in [-0.1, -0.05) is 20.8 Å². The number of amides is 2. The number of aliphatic carboxylic acids is 6. The first-order chi connectivity index (χ1) is 30.5. The van der Waals surface area contributed by atoms with E-state index in [-0.39, 0.29) is 105 Å². The number of carboxylic acid groups (broad SMARTS) is 6. The van der Waals surface area contributed by atoms with E-state index in [9.17, 15) is 79.2 Å². The van der Waals surface area contributed by atoms with Crippen molar-refractivity contribution in [2.45, 2.75) is 122 Å². The van der Waals surface area contributed by atoms with Crippen LogP contribution in [0.2, 0.25) is 0 Å². The average Bonchev–Trinajstić information content (AvgIpc) is 3.56. The highest BCUT2D eigenvalue weighted by atomic mass is 16.4. The first-order valence-electron chi connectivity index (χ1n) is 22.9. The smallest absolute Gasteiger partial charge is 0.320 e. The fourth-order valence-electron chi connectivity index (χ4n) is 12.5. The maximum atomic E-state index is 13.1. The molecule has 4 saturated carbocycles. The van der Waals surface area contributed by atoms with Crippen LogP contribution in [0.15, 0.2) is 0 Å². The quantitative estimate of drug-likeness (QED) is 0.0418. The SMILES string of the molecule is CC(CCC(=O)O)C1CCC2C3C(O)CC4CC(NC(=O)C(=O)NCCCCC(C(=O)O)N(CCN(CC(=O)O)CC(=O)O)CCN(CC(=O)O)CC(=O)O)CCC4(C)C3CC(O)C12C. The molecule has 0 bridgehead atoms. The van der Waals surface area contributed by atoms with Crippen molar-refractivity contribution in [2.75, 3.05) is 58.9 Å². The number of hydrogen-bond acceptors (Lipinski definition) is 13. The number of carbonyl (C=O) groups excluding carboxylic acids is 2. The minimum absolute atomic E-state index is 0.00286. The van der Waals surface area contributed by atoms with Gasteiger partial charge in [-0.2, -0.15) is 0 Å². The van der Waals surface area contributed by atoms with Crippen molar-refractivity contribution in [3.8, 4) is 0 Å². The number of rotatable bonds is 26. The summed E-state index contributed by atoms with van der Waals surface area (Å²) in [6.45, 7) is 3.22. The molecule has 21 heteroatoms. The summed E-state index contributed by atoms with van der Waals surface area (Å²) in [6.07, 6.45) is 4.66. The summed E-state index contributed by atoms with van der Waals surface area (Å²) in [5.41, 5.74) is -0.617. The molecule has 4 aliphatic carbocycles. The largest absolute Gasteiger partial charge is 0.481 e. The van der Waals surface area contributed by atoms with Crippen LogP contribution in [-0.4, -0.2) is 186 Å². The lowest BCUT2D eigenvalue weighted by molar-refractivity contribution is -0.202. The predicted molar refractivity (Wildman–Crippen MR) is 229 cm³/mol. The van der Waals surface area contributed by atoms with Crippen molar-refractivity contribution in [2.24, 2.45) is 46.3 Å². The molecule has 12 unspecified atom stereocenters. The van der Waals surface area contributed by atoms with Crippen LogP contribution in [0.5, 0.6) is 0 Å². The normalized spacial score (nSPS) is 30.4. The Balaban J connectivity index is 1.30. The molecule has 0 aromatic heterocycles. The van der Waals surface area contributed by atoms with E-state index in [0.29, 0.717) is 32.1 Å². The Labute approximate surface area is 378 Å². The molecule has 368 valence electrons. The van der Waals surface area contributed by atoms with E-state index < -0.39 is 97.5 Å². The molecular weight excluding hydrogens is 855 g/mol. The second-order valence-corrected chi connectivity index (χ2v) is 19.6. The third-order valence-corrected chi connectivity index (χ3v) is 15.7.